The molecule has 0 amide bonds. The van der Waals surface area contributed by atoms with Gasteiger partial charge in [-0.1, -0.05) is 18.2 Å². The summed E-state index contributed by atoms with van der Waals surface area (Å²) in [5.41, 5.74) is 3.67. The molecule has 2 heterocycles. The van der Waals surface area contributed by atoms with Gasteiger partial charge in [-0.2, -0.15) is 0 Å². The highest BCUT2D eigenvalue weighted by atomic mass is 16.1. The summed E-state index contributed by atoms with van der Waals surface area (Å²) in [6.07, 6.45) is 1.79. The van der Waals surface area contributed by atoms with E-state index in [1.807, 2.05) is 12.1 Å². The summed E-state index contributed by atoms with van der Waals surface area (Å²) in [6.45, 7) is 2.09. The molecule has 2 unspecified atom stereocenters. The number of H-pyrrole nitrogens is 1. The third-order valence-electron chi connectivity index (χ3n) is 3.33. The minimum Gasteiger partial charge on any atom is -0.357 e. The monoisotopic (exact) mass is 214 g/mol. The number of rotatable bonds is 1. The van der Waals surface area contributed by atoms with Gasteiger partial charge in [-0.15, -0.1) is 0 Å². The van der Waals surface area contributed by atoms with E-state index in [1.165, 1.54) is 16.6 Å². The van der Waals surface area contributed by atoms with Crippen LogP contribution in [0.15, 0.2) is 24.3 Å². The zero-order valence-electron chi connectivity index (χ0n) is 9.16. The minimum absolute atomic E-state index is 0.0540. The Morgan fingerprint density at radius 2 is 2.19 bits per heavy atom. The third kappa shape index (κ3) is 1.28. The molecular formula is C13H14N2O. The van der Waals surface area contributed by atoms with E-state index in [2.05, 4.69) is 29.4 Å². The molecule has 2 aromatic rings. The molecule has 2 atom stereocenters. The first-order chi connectivity index (χ1) is 7.79. The van der Waals surface area contributed by atoms with Crippen LogP contribution in [0.5, 0.6) is 0 Å². The van der Waals surface area contributed by atoms with Gasteiger partial charge in [0.05, 0.1) is 6.04 Å². The maximum absolute atomic E-state index is 10.9. The van der Waals surface area contributed by atoms with Gasteiger partial charge in [0.15, 0.2) is 0 Å². The molecule has 3 rings (SSSR count). The molecule has 2 N–H and O–H groups in total. The number of nitrogens with one attached hydrogen (secondary N) is 2. The molecule has 0 bridgehead atoms. The van der Waals surface area contributed by atoms with Crippen LogP contribution in [-0.4, -0.2) is 17.3 Å². The average molecular weight is 214 g/mol. The number of aldehydes is 1. The molecule has 1 aromatic heterocycles. The molecule has 0 aliphatic carbocycles. The van der Waals surface area contributed by atoms with Crippen LogP contribution in [0.2, 0.25) is 0 Å². The van der Waals surface area contributed by atoms with Crippen LogP contribution < -0.4 is 5.32 Å². The fourth-order valence-corrected chi connectivity index (χ4v) is 2.58. The highest BCUT2D eigenvalue weighted by Gasteiger charge is 2.26. The number of aromatic amines is 1. The Morgan fingerprint density at radius 1 is 1.38 bits per heavy atom. The first-order valence-electron chi connectivity index (χ1n) is 5.60. The first-order valence-corrected chi connectivity index (χ1v) is 5.60. The Morgan fingerprint density at radius 3 is 3.00 bits per heavy atom. The van der Waals surface area contributed by atoms with Crippen molar-refractivity contribution in [3.8, 4) is 0 Å². The van der Waals surface area contributed by atoms with Gasteiger partial charge in [-0.3, -0.25) is 5.32 Å². The van der Waals surface area contributed by atoms with Crippen molar-refractivity contribution in [1.82, 2.24) is 10.3 Å². The number of para-hydroxylation sites is 1. The van der Waals surface area contributed by atoms with Gasteiger partial charge < -0.3 is 9.78 Å². The van der Waals surface area contributed by atoms with Crippen molar-refractivity contribution in [2.75, 3.05) is 0 Å². The Bertz CT molecular complexity index is 544. The van der Waals surface area contributed by atoms with E-state index in [4.69, 9.17) is 0 Å². The molecule has 0 saturated carbocycles. The number of benzene rings is 1. The molecule has 0 fully saturated rings. The molecule has 3 heteroatoms. The predicted octanol–water partition coefficient (Wildman–Crippen LogP) is 1.94. The summed E-state index contributed by atoms with van der Waals surface area (Å²) < 4.78 is 0. The Balaban J connectivity index is 2.21. The fourth-order valence-electron chi connectivity index (χ4n) is 2.58. The van der Waals surface area contributed by atoms with Crippen molar-refractivity contribution in [3.05, 3.63) is 35.5 Å². The maximum atomic E-state index is 10.9. The van der Waals surface area contributed by atoms with Gasteiger partial charge in [0.2, 0.25) is 0 Å². The van der Waals surface area contributed by atoms with Crippen molar-refractivity contribution in [3.63, 3.8) is 0 Å². The summed E-state index contributed by atoms with van der Waals surface area (Å²) in [7, 11) is 0. The normalized spacial score (nSPS) is 24.3. The second-order valence-electron chi connectivity index (χ2n) is 4.40. The molecule has 0 saturated heterocycles. The number of hydrogen-bond donors (Lipinski definition) is 2. The molecule has 1 aliphatic rings. The largest absolute Gasteiger partial charge is 0.357 e. The van der Waals surface area contributed by atoms with E-state index in [9.17, 15) is 4.79 Å². The average Bonchev–Trinajstić information content (AvgIpc) is 2.68. The smallest absolute Gasteiger partial charge is 0.137 e. The Labute approximate surface area is 93.9 Å². The van der Waals surface area contributed by atoms with Crippen LogP contribution in [-0.2, 0) is 11.2 Å². The van der Waals surface area contributed by atoms with Gasteiger partial charge in [-0.25, -0.2) is 0 Å². The lowest BCUT2D eigenvalue weighted by molar-refractivity contribution is -0.109. The number of carbonyl (C=O) groups excluding carboxylic acids is 1. The lowest BCUT2D eigenvalue weighted by Crippen LogP contribution is -2.39. The molecule has 1 aliphatic heterocycles. The van der Waals surface area contributed by atoms with Gasteiger partial charge in [0.25, 0.3) is 0 Å². The van der Waals surface area contributed by atoms with Crippen molar-refractivity contribution in [1.29, 1.82) is 0 Å². The van der Waals surface area contributed by atoms with Crippen molar-refractivity contribution < 1.29 is 4.79 Å². The Kier molecular flexibility index (Phi) is 2.07. The summed E-state index contributed by atoms with van der Waals surface area (Å²) in [5, 5.41) is 4.53. The van der Waals surface area contributed by atoms with E-state index in [-0.39, 0.29) is 12.1 Å². The highest BCUT2D eigenvalue weighted by Crippen LogP contribution is 2.30. The minimum atomic E-state index is -0.0540. The van der Waals surface area contributed by atoms with Gasteiger partial charge in [0.1, 0.15) is 6.29 Å². The van der Waals surface area contributed by atoms with E-state index in [0.717, 1.165) is 18.2 Å². The molecule has 1 aromatic carbocycles. The molecule has 82 valence electrons. The number of carbonyl (C=O) groups is 1. The van der Waals surface area contributed by atoms with Crippen LogP contribution in [0, 0.1) is 0 Å². The van der Waals surface area contributed by atoms with Gasteiger partial charge in [0, 0.05) is 22.6 Å². The van der Waals surface area contributed by atoms with Gasteiger partial charge in [-0.05, 0) is 25.0 Å². The lowest BCUT2D eigenvalue weighted by atomic mass is 9.95. The second-order valence-corrected chi connectivity index (χ2v) is 4.40. The highest BCUT2D eigenvalue weighted by molar-refractivity contribution is 5.85. The summed E-state index contributed by atoms with van der Waals surface area (Å²) in [6, 6.07) is 8.42. The summed E-state index contributed by atoms with van der Waals surface area (Å²) >= 11 is 0. The van der Waals surface area contributed by atoms with Crippen LogP contribution in [0.25, 0.3) is 10.9 Å². The van der Waals surface area contributed by atoms with Crippen molar-refractivity contribution in [2.45, 2.75) is 25.4 Å². The SMILES string of the molecule is CC1NC(C=O)Cc2c1[nH]c1ccccc21. The summed E-state index contributed by atoms with van der Waals surface area (Å²) in [4.78, 5) is 14.3. The molecule has 16 heavy (non-hydrogen) atoms. The molecule has 3 nitrogen and oxygen atoms in total. The van der Waals surface area contributed by atoms with Gasteiger partial charge >= 0.3 is 0 Å². The zero-order valence-corrected chi connectivity index (χ0v) is 9.16. The van der Waals surface area contributed by atoms with Crippen LogP contribution in [0.4, 0.5) is 0 Å². The molecular weight excluding hydrogens is 200 g/mol. The van der Waals surface area contributed by atoms with E-state index in [0.29, 0.717) is 0 Å². The maximum Gasteiger partial charge on any atom is 0.137 e. The van der Waals surface area contributed by atoms with Crippen molar-refractivity contribution in [2.24, 2.45) is 0 Å². The predicted molar refractivity (Wildman–Crippen MR) is 63.4 cm³/mol. The Hall–Kier alpha value is -1.61. The first kappa shape index (κ1) is 9.60. The van der Waals surface area contributed by atoms with E-state index in [1.54, 1.807) is 0 Å². The fraction of sp³-hybridized carbons (Fsp3) is 0.308. The quantitative estimate of drug-likeness (QED) is 0.712. The number of fused-ring (bicyclic) bond motifs is 3. The van der Waals surface area contributed by atoms with Crippen LogP contribution in [0.1, 0.15) is 24.2 Å². The lowest BCUT2D eigenvalue weighted by Gasteiger charge is -2.25. The molecule has 0 radical (unpaired) electrons. The van der Waals surface area contributed by atoms with Crippen LogP contribution >= 0.6 is 0 Å². The zero-order chi connectivity index (χ0) is 11.1. The topological polar surface area (TPSA) is 44.9 Å². The van der Waals surface area contributed by atoms with E-state index >= 15 is 0 Å². The summed E-state index contributed by atoms with van der Waals surface area (Å²) in [5.74, 6) is 0. The molecule has 0 spiro atoms. The number of hydrogen-bond acceptors (Lipinski definition) is 2. The number of aromatic nitrogens is 1. The van der Waals surface area contributed by atoms with Crippen LogP contribution in [0.3, 0.4) is 0 Å². The standard InChI is InChI=1S/C13H14N2O/c1-8-13-11(6-9(7-16)14-8)10-4-2-3-5-12(10)15-13/h2-5,7-9,14-15H,6H2,1H3. The van der Waals surface area contributed by atoms with E-state index < -0.39 is 0 Å². The van der Waals surface area contributed by atoms with Crippen molar-refractivity contribution >= 4 is 17.2 Å². The second kappa shape index (κ2) is 3.46. The third-order valence-corrected chi connectivity index (χ3v) is 3.33.